The van der Waals surface area contributed by atoms with Gasteiger partial charge in [-0.05, 0) is 30.3 Å². The van der Waals surface area contributed by atoms with Gasteiger partial charge in [-0.25, -0.2) is 13.1 Å². The molecule has 0 fully saturated rings. The lowest BCUT2D eigenvalue weighted by Gasteiger charge is -2.05. The molecule has 0 amide bonds. The Bertz CT molecular complexity index is 681. The van der Waals surface area contributed by atoms with Crippen LogP contribution in [0, 0.1) is 0 Å². The molecule has 1 aromatic carbocycles. The van der Waals surface area contributed by atoms with Crippen LogP contribution in [0.4, 0.5) is 0 Å². The summed E-state index contributed by atoms with van der Waals surface area (Å²) in [7, 11) is -3.45. The number of benzene rings is 1. The number of rotatable bonds is 7. The van der Waals surface area contributed by atoms with Gasteiger partial charge in [-0.3, -0.25) is 0 Å². The predicted octanol–water partition coefficient (Wildman–Crippen LogP) is 3.10. The van der Waals surface area contributed by atoms with Crippen molar-refractivity contribution in [1.82, 2.24) is 10.0 Å². The van der Waals surface area contributed by atoms with E-state index in [1.54, 1.807) is 11.4 Å². The molecule has 2 aromatic rings. The monoisotopic (exact) mass is 388 g/mol. The fourth-order valence-corrected chi connectivity index (χ4v) is 4.23. The highest BCUT2D eigenvalue weighted by atomic mass is 79.9. The molecule has 4 nitrogen and oxygen atoms in total. The van der Waals surface area contributed by atoms with Crippen LogP contribution in [-0.4, -0.2) is 15.0 Å². The summed E-state index contributed by atoms with van der Waals surface area (Å²) < 4.78 is 28.0. The molecular weight excluding hydrogens is 372 g/mol. The van der Waals surface area contributed by atoms with Crippen LogP contribution >= 0.6 is 27.3 Å². The Balaban J connectivity index is 2.00. The molecule has 0 unspecified atom stereocenters. The van der Waals surface area contributed by atoms with Crippen molar-refractivity contribution < 1.29 is 8.42 Å². The van der Waals surface area contributed by atoms with Crippen LogP contribution in [0.15, 0.2) is 45.1 Å². The number of nitrogens with one attached hydrogen (secondary N) is 2. The Morgan fingerprint density at radius 1 is 1.19 bits per heavy atom. The van der Waals surface area contributed by atoms with Gasteiger partial charge in [0.1, 0.15) is 0 Å². The van der Waals surface area contributed by atoms with Gasteiger partial charge >= 0.3 is 0 Å². The molecule has 0 saturated heterocycles. The zero-order valence-electron chi connectivity index (χ0n) is 11.6. The Labute approximate surface area is 137 Å². The molecule has 2 rings (SSSR count). The summed E-state index contributed by atoms with van der Waals surface area (Å²) >= 11 is 4.81. The average molecular weight is 389 g/mol. The molecule has 0 bridgehead atoms. The molecule has 0 atom stereocenters. The Morgan fingerprint density at radius 3 is 2.57 bits per heavy atom. The third kappa shape index (κ3) is 4.89. The molecule has 7 heteroatoms. The van der Waals surface area contributed by atoms with E-state index < -0.39 is 10.0 Å². The fourth-order valence-electron chi connectivity index (χ4n) is 1.71. The quantitative estimate of drug-likeness (QED) is 0.765. The Morgan fingerprint density at radius 2 is 1.90 bits per heavy atom. The van der Waals surface area contributed by atoms with Crippen LogP contribution in [0.25, 0.3) is 0 Å². The number of thiophene rings is 1. The van der Waals surface area contributed by atoms with Crippen molar-refractivity contribution in [3.63, 3.8) is 0 Å². The van der Waals surface area contributed by atoms with Gasteiger partial charge < -0.3 is 5.32 Å². The molecule has 2 N–H and O–H groups in total. The summed E-state index contributed by atoms with van der Waals surface area (Å²) in [5.41, 5.74) is 0.921. The molecule has 0 aliphatic heterocycles. The van der Waals surface area contributed by atoms with Crippen molar-refractivity contribution >= 4 is 37.3 Å². The summed E-state index contributed by atoms with van der Waals surface area (Å²) in [5, 5.41) is 4.86. The molecule has 114 valence electrons. The molecule has 0 radical (unpaired) electrons. The van der Waals surface area contributed by atoms with E-state index in [1.165, 1.54) is 11.3 Å². The van der Waals surface area contributed by atoms with Crippen molar-refractivity contribution in [3.8, 4) is 0 Å². The lowest BCUT2D eigenvalue weighted by atomic mass is 10.2. The molecule has 0 aliphatic carbocycles. The van der Waals surface area contributed by atoms with Crippen LogP contribution < -0.4 is 10.0 Å². The summed E-state index contributed by atoms with van der Waals surface area (Å²) in [6.07, 6.45) is 0. The van der Waals surface area contributed by atoms with E-state index in [0.29, 0.717) is 11.4 Å². The first-order chi connectivity index (χ1) is 10.0. The van der Waals surface area contributed by atoms with Gasteiger partial charge in [-0.1, -0.05) is 35.0 Å². The van der Waals surface area contributed by atoms with Crippen molar-refractivity contribution in [1.29, 1.82) is 0 Å². The first-order valence-corrected chi connectivity index (χ1v) is 9.69. The first-order valence-electron chi connectivity index (χ1n) is 6.53. The van der Waals surface area contributed by atoms with Crippen LogP contribution in [0.1, 0.15) is 17.4 Å². The van der Waals surface area contributed by atoms with E-state index in [2.05, 4.69) is 26.0 Å². The minimum absolute atomic E-state index is 0.286. The van der Waals surface area contributed by atoms with Gasteiger partial charge in [-0.2, -0.15) is 0 Å². The van der Waals surface area contributed by atoms with E-state index in [0.717, 1.165) is 21.5 Å². The van der Waals surface area contributed by atoms with Gasteiger partial charge in [0, 0.05) is 27.8 Å². The smallest absolute Gasteiger partial charge is 0.241 e. The lowest BCUT2D eigenvalue weighted by molar-refractivity contribution is 0.581. The molecule has 0 spiro atoms. The average Bonchev–Trinajstić information content (AvgIpc) is 2.94. The number of hydrogen-bond acceptors (Lipinski definition) is 4. The zero-order valence-corrected chi connectivity index (χ0v) is 14.8. The number of sulfonamides is 1. The lowest BCUT2D eigenvalue weighted by Crippen LogP contribution is -2.22. The normalized spacial score (nSPS) is 11.7. The standard InChI is InChI=1S/C14H17BrN2O2S2/c1-2-16-9-13-7-14(10-20-13)21(18,19)17-8-11-3-5-12(15)6-4-11/h3-7,10,16-17H,2,8-9H2,1H3. The minimum atomic E-state index is -3.45. The van der Waals surface area contributed by atoms with Crippen molar-refractivity contribution in [2.45, 2.75) is 24.9 Å². The summed E-state index contributed by atoms with van der Waals surface area (Å²) in [6.45, 7) is 3.87. The third-order valence-electron chi connectivity index (χ3n) is 2.87. The maximum absolute atomic E-state index is 12.2. The van der Waals surface area contributed by atoms with Crippen molar-refractivity contribution in [2.75, 3.05) is 6.54 Å². The number of hydrogen-bond donors (Lipinski definition) is 2. The second-order valence-electron chi connectivity index (χ2n) is 4.48. The Hall–Kier alpha value is -0.730. The SMILES string of the molecule is CCNCc1cc(S(=O)(=O)NCc2ccc(Br)cc2)cs1. The topological polar surface area (TPSA) is 58.2 Å². The first kappa shape index (κ1) is 16.6. The van der Waals surface area contributed by atoms with E-state index in [1.807, 2.05) is 31.2 Å². The van der Waals surface area contributed by atoms with E-state index >= 15 is 0 Å². The minimum Gasteiger partial charge on any atom is -0.312 e. The van der Waals surface area contributed by atoms with Gasteiger partial charge in [0.2, 0.25) is 10.0 Å². The highest BCUT2D eigenvalue weighted by Crippen LogP contribution is 2.19. The Kier molecular flexibility index (Phi) is 5.95. The zero-order chi connectivity index (χ0) is 15.3. The largest absolute Gasteiger partial charge is 0.312 e. The van der Waals surface area contributed by atoms with Gasteiger partial charge in [0.15, 0.2) is 0 Å². The van der Waals surface area contributed by atoms with Gasteiger partial charge in [0.05, 0.1) is 4.90 Å². The van der Waals surface area contributed by atoms with Crippen LogP contribution in [-0.2, 0) is 23.1 Å². The molecule has 0 saturated carbocycles. The fraction of sp³-hybridized carbons (Fsp3) is 0.286. The summed E-state index contributed by atoms with van der Waals surface area (Å²) in [6, 6.07) is 9.27. The maximum atomic E-state index is 12.2. The van der Waals surface area contributed by atoms with E-state index in [4.69, 9.17) is 0 Å². The highest BCUT2D eigenvalue weighted by Gasteiger charge is 2.15. The number of halogens is 1. The van der Waals surface area contributed by atoms with Crippen molar-refractivity contribution in [2.24, 2.45) is 0 Å². The third-order valence-corrected chi connectivity index (χ3v) is 5.86. The van der Waals surface area contributed by atoms with Crippen LogP contribution in [0.3, 0.4) is 0 Å². The van der Waals surface area contributed by atoms with Crippen LogP contribution in [0.2, 0.25) is 0 Å². The molecular formula is C14H17BrN2O2S2. The predicted molar refractivity (Wildman–Crippen MR) is 89.9 cm³/mol. The van der Waals surface area contributed by atoms with Crippen LogP contribution in [0.5, 0.6) is 0 Å². The van der Waals surface area contributed by atoms with E-state index in [9.17, 15) is 8.42 Å². The summed E-state index contributed by atoms with van der Waals surface area (Å²) in [4.78, 5) is 1.35. The molecule has 1 aromatic heterocycles. The summed E-state index contributed by atoms with van der Waals surface area (Å²) in [5.74, 6) is 0. The van der Waals surface area contributed by atoms with E-state index in [-0.39, 0.29) is 6.54 Å². The molecule has 21 heavy (non-hydrogen) atoms. The molecule has 0 aliphatic rings. The molecule has 1 heterocycles. The highest BCUT2D eigenvalue weighted by molar-refractivity contribution is 9.10. The van der Waals surface area contributed by atoms with Gasteiger partial charge in [0.25, 0.3) is 0 Å². The second kappa shape index (κ2) is 7.51. The second-order valence-corrected chi connectivity index (χ2v) is 8.16. The van der Waals surface area contributed by atoms with Gasteiger partial charge in [-0.15, -0.1) is 11.3 Å². The van der Waals surface area contributed by atoms with Crippen molar-refractivity contribution in [3.05, 3.63) is 50.6 Å². The maximum Gasteiger partial charge on any atom is 0.241 e.